The van der Waals surface area contributed by atoms with Crippen LogP contribution in [0.25, 0.3) is 0 Å². The topological polar surface area (TPSA) is 264 Å². The van der Waals surface area contributed by atoms with Crippen molar-refractivity contribution in [2.24, 2.45) is 0 Å². The molecule has 0 aliphatic rings. The van der Waals surface area contributed by atoms with Crippen molar-refractivity contribution in [2.45, 2.75) is 48.2 Å². The molecule has 18 nitrogen and oxygen atoms in total. The van der Waals surface area contributed by atoms with Crippen molar-refractivity contribution < 1.29 is 69.7 Å². The first kappa shape index (κ1) is 51.9. The number of carbonyl (C=O) groups excluding carboxylic acids is 5. The zero-order valence-corrected chi connectivity index (χ0v) is 38.8. The first-order valence-corrected chi connectivity index (χ1v) is 23.6. The third-order valence-electron chi connectivity index (χ3n) is 8.95. The Morgan fingerprint density at radius 2 is 1.01 bits per heavy atom. The van der Waals surface area contributed by atoms with Crippen molar-refractivity contribution in [2.75, 3.05) is 6.61 Å². The number of sulfonamides is 2. The average Bonchev–Trinajstić information content (AvgIpc) is 3.29. The number of carboxylic acid groups (broad SMARTS) is 1. The lowest BCUT2D eigenvalue weighted by Gasteiger charge is -2.20. The number of ketones is 1. The number of esters is 3. The van der Waals surface area contributed by atoms with E-state index in [1.54, 1.807) is 91.0 Å². The lowest BCUT2D eigenvalue weighted by atomic mass is 10.2. The van der Waals surface area contributed by atoms with Gasteiger partial charge in [-0.05, 0) is 41.0 Å². The van der Waals surface area contributed by atoms with E-state index in [0.29, 0.717) is 16.7 Å². The summed E-state index contributed by atoms with van der Waals surface area (Å²) in [4.78, 5) is 77.2. The van der Waals surface area contributed by atoms with Crippen LogP contribution in [0.4, 0.5) is 4.79 Å². The Labute approximate surface area is 402 Å². The average molecular weight is 1040 g/mol. The van der Waals surface area contributed by atoms with E-state index in [1.807, 2.05) is 5.32 Å². The lowest BCUT2D eigenvalue weighted by molar-refractivity contribution is -0.178. The van der Waals surface area contributed by atoms with E-state index < -0.39 is 122 Å². The van der Waals surface area contributed by atoms with Crippen LogP contribution in [-0.4, -0.2) is 76.6 Å². The molecule has 0 heterocycles. The van der Waals surface area contributed by atoms with Gasteiger partial charge in [-0.2, -0.15) is 0 Å². The van der Waals surface area contributed by atoms with Crippen molar-refractivity contribution in [1.29, 1.82) is 0 Å². The number of rotatable bonds is 21. The zero-order valence-electron chi connectivity index (χ0n) is 34.2. The molecule has 0 aromatic heterocycles. The van der Waals surface area contributed by atoms with Crippen LogP contribution in [0.5, 0.6) is 0 Å². The molecule has 0 saturated carbocycles. The van der Waals surface area contributed by atoms with Crippen LogP contribution in [0.1, 0.15) is 43.8 Å². The number of hydrogen-bond donors (Lipinski definition) is 4. The van der Waals surface area contributed by atoms with Crippen LogP contribution in [0.2, 0.25) is 20.1 Å². The van der Waals surface area contributed by atoms with Crippen LogP contribution in [-0.2, 0) is 73.1 Å². The highest BCUT2D eigenvalue weighted by atomic mass is 35.5. The van der Waals surface area contributed by atoms with E-state index >= 15 is 0 Å². The minimum Gasteiger partial charge on any atom is -0.480 e. The van der Waals surface area contributed by atoms with Gasteiger partial charge >= 0.3 is 36.3 Å². The van der Waals surface area contributed by atoms with Gasteiger partial charge in [0.2, 0.25) is 20.0 Å². The summed E-state index contributed by atoms with van der Waals surface area (Å²) < 4.78 is 77.9. The number of benzene rings is 5. The van der Waals surface area contributed by atoms with Gasteiger partial charge in [-0.1, -0.05) is 137 Å². The molecule has 5 rings (SSSR count). The molecule has 352 valence electrons. The van der Waals surface area contributed by atoms with Gasteiger partial charge in [0.15, 0.2) is 6.61 Å². The normalized spacial score (nSPS) is 12.2. The van der Waals surface area contributed by atoms with Crippen molar-refractivity contribution in [3.63, 3.8) is 0 Å². The summed E-state index contributed by atoms with van der Waals surface area (Å²) in [5, 5.41) is 9.26. The van der Waals surface area contributed by atoms with Crippen molar-refractivity contribution in [1.82, 2.24) is 14.8 Å². The summed E-state index contributed by atoms with van der Waals surface area (Å²) in [6.45, 7) is -2.08. The molecule has 1 amide bonds. The highest BCUT2D eigenvalue weighted by molar-refractivity contribution is 7.90. The molecular formula is C43H35Cl4N3O15S2. The number of alkyl carbamates (subject to hydrolysis) is 1. The molecule has 4 N–H and O–H groups in total. The van der Waals surface area contributed by atoms with Crippen molar-refractivity contribution in [3.8, 4) is 0 Å². The third kappa shape index (κ3) is 14.4. The number of ether oxygens (including phenoxy) is 4. The maximum atomic E-state index is 13.7. The third-order valence-corrected chi connectivity index (χ3v) is 13.5. The summed E-state index contributed by atoms with van der Waals surface area (Å²) >= 11 is 25.2. The second-order valence-electron chi connectivity index (χ2n) is 13.7. The largest absolute Gasteiger partial charge is 0.480 e. The molecule has 1 unspecified atom stereocenters. The SMILES string of the molecule is O=C(C[C@H](NC(=O)OCc1ccccc1)C(=O)O)OC(OC(=O)c1c(Cl)ccc(S(=O)(=O)NCc2ccccc2)c1Cl)C(=O)COC(=O)c1c(Cl)ccc(S(=O)(=O)NCc2ccccc2)c1Cl. The maximum absolute atomic E-state index is 13.7. The molecular weight excluding hydrogens is 1000 g/mol. The van der Waals surface area contributed by atoms with Crippen molar-refractivity contribution >= 4 is 102 Å². The van der Waals surface area contributed by atoms with Crippen molar-refractivity contribution in [3.05, 3.63) is 163 Å². The molecule has 0 fully saturated rings. The number of aliphatic carboxylic acids is 1. The van der Waals surface area contributed by atoms with Crippen LogP contribution in [0.15, 0.2) is 125 Å². The van der Waals surface area contributed by atoms with Gasteiger partial charge in [0.05, 0.1) is 37.6 Å². The van der Waals surface area contributed by atoms with E-state index in [0.717, 1.165) is 24.3 Å². The molecule has 67 heavy (non-hydrogen) atoms. The quantitative estimate of drug-likeness (QED) is 0.0348. The maximum Gasteiger partial charge on any atom is 0.408 e. The Bertz CT molecular complexity index is 2880. The predicted octanol–water partition coefficient (Wildman–Crippen LogP) is 6.48. The molecule has 5 aromatic rings. The Morgan fingerprint density at radius 1 is 0.567 bits per heavy atom. The van der Waals surface area contributed by atoms with E-state index in [9.17, 15) is 50.7 Å². The number of amides is 1. The van der Waals surface area contributed by atoms with Crippen LogP contribution in [0.3, 0.4) is 0 Å². The molecule has 0 saturated heterocycles. The van der Waals surface area contributed by atoms with E-state index in [-0.39, 0.29) is 19.7 Å². The van der Waals surface area contributed by atoms with Gasteiger partial charge in [0.25, 0.3) is 5.78 Å². The van der Waals surface area contributed by atoms with E-state index in [2.05, 4.69) is 9.44 Å². The number of Topliss-reactive ketones (excluding diaryl/α,β-unsaturated/α-hetero) is 1. The van der Waals surface area contributed by atoms with E-state index in [1.165, 1.54) is 0 Å². The van der Waals surface area contributed by atoms with Gasteiger partial charge in [-0.15, -0.1) is 0 Å². The van der Waals surface area contributed by atoms with Crippen LogP contribution < -0.4 is 14.8 Å². The summed E-state index contributed by atoms with van der Waals surface area (Å²) in [6, 6.07) is 26.8. The van der Waals surface area contributed by atoms with Gasteiger partial charge in [-0.25, -0.2) is 45.5 Å². The van der Waals surface area contributed by atoms with Crippen LogP contribution >= 0.6 is 46.4 Å². The Balaban J connectivity index is 1.37. The predicted molar refractivity (Wildman–Crippen MR) is 240 cm³/mol. The molecule has 0 bridgehead atoms. The monoisotopic (exact) mass is 1040 g/mol. The van der Waals surface area contributed by atoms with E-state index in [4.69, 9.17) is 65.4 Å². The fourth-order valence-electron chi connectivity index (χ4n) is 5.59. The number of halogens is 4. The summed E-state index contributed by atoms with van der Waals surface area (Å²) in [6.07, 6.45) is -5.21. The van der Waals surface area contributed by atoms with Gasteiger partial charge < -0.3 is 29.4 Å². The summed E-state index contributed by atoms with van der Waals surface area (Å²) in [5.41, 5.74) is 0.108. The Morgan fingerprint density at radius 3 is 1.48 bits per heavy atom. The molecule has 0 spiro atoms. The molecule has 0 aliphatic carbocycles. The number of hydrogen-bond acceptors (Lipinski definition) is 14. The minimum absolute atomic E-state index is 0.168. The second kappa shape index (κ2) is 23.6. The molecule has 2 atom stereocenters. The molecule has 24 heteroatoms. The fraction of sp³-hybridized carbons (Fsp3) is 0.163. The first-order chi connectivity index (χ1) is 31.8. The Hall–Kier alpha value is -6.10. The van der Waals surface area contributed by atoms with Crippen LogP contribution in [0, 0.1) is 0 Å². The van der Waals surface area contributed by atoms with Gasteiger partial charge in [0.1, 0.15) is 22.4 Å². The molecule has 0 aliphatic heterocycles. The number of carbonyl (C=O) groups is 6. The highest BCUT2D eigenvalue weighted by Crippen LogP contribution is 2.34. The first-order valence-electron chi connectivity index (χ1n) is 19.1. The summed E-state index contributed by atoms with van der Waals surface area (Å²) in [5.74, 6) is -8.07. The fourth-order valence-corrected chi connectivity index (χ4v) is 9.44. The number of carboxylic acids is 1. The second-order valence-corrected chi connectivity index (χ2v) is 18.7. The van der Waals surface area contributed by atoms with Gasteiger partial charge in [0, 0.05) is 13.1 Å². The Kier molecular flexibility index (Phi) is 18.2. The minimum atomic E-state index is -4.48. The standard InChI is InChI=1S/C43H35Cl4N3O15S2/c44-28-16-18-32(66(58,59)48-21-25-10-4-1-5-11-25)37(46)35(28)40(55)62-24-31(51)42(64-34(52)20-30(39(53)54)50-43(57)63-23-27-14-8-3-9-15-27)65-41(56)36-29(45)17-19-33(38(36)47)67(60,61)49-22-26-12-6-2-7-13-26/h1-19,30,42,48-49H,20-24H2,(H,50,57)(H,53,54)/t30-,42?/m0/s1. The number of nitrogens with one attached hydrogen (secondary N) is 3. The summed E-state index contributed by atoms with van der Waals surface area (Å²) in [7, 11) is -8.88. The molecule has 0 radical (unpaired) electrons. The van der Waals surface area contributed by atoms with Gasteiger partial charge in [-0.3, -0.25) is 9.59 Å². The zero-order chi connectivity index (χ0) is 48.9. The smallest absolute Gasteiger partial charge is 0.408 e. The molecule has 5 aromatic carbocycles. The highest BCUT2D eigenvalue weighted by Gasteiger charge is 2.35. The lowest BCUT2D eigenvalue weighted by Crippen LogP contribution is -2.44.